The zero-order valence-electron chi connectivity index (χ0n) is 12.3. The molecule has 0 fully saturated rings. The molecule has 0 aliphatic rings. The van der Waals surface area contributed by atoms with Crippen molar-refractivity contribution in [2.45, 2.75) is 13.5 Å². The molecule has 0 unspecified atom stereocenters. The number of carbonyl (C=O) groups excluding carboxylic acids is 1. The third-order valence-electron chi connectivity index (χ3n) is 3.38. The van der Waals surface area contributed by atoms with Crippen LogP contribution in [-0.2, 0) is 11.3 Å². The topological polar surface area (TPSA) is 89.4 Å². The molecular formula is C17H13NO5. The van der Waals surface area contributed by atoms with Gasteiger partial charge in [-0.15, -0.1) is 0 Å². The molecule has 3 aromatic rings. The second kappa shape index (κ2) is 5.92. The number of ether oxygens (including phenoxy) is 1. The molecule has 0 bridgehead atoms. The van der Waals surface area contributed by atoms with Gasteiger partial charge in [-0.05, 0) is 30.7 Å². The predicted molar refractivity (Wildman–Crippen MR) is 83.4 cm³/mol. The fraction of sp³-hybridized carbons (Fsp3) is 0.118. The van der Waals surface area contributed by atoms with Gasteiger partial charge in [0.25, 0.3) is 5.56 Å². The number of aromatic nitrogens is 1. The fourth-order valence-corrected chi connectivity index (χ4v) is 2.26. The molecule has 1 N–H and O–H groups in total. The van der Waals surface area contributed by atoms with Crippen molar-refractivity contribution in [3.8, 4) is 0 Å². The Hall–Kier alpha value is -3.15. The zero-order valence-corrected chi connectivity index (χ0v) is 12.3. The Morgan fingerprint density at radius 1 is 1.22 bits per heavy atom. The molecule has 0 aliphatic heterocycles. The van der Waals surface area contributed by atoms with Crippen LogP contribution in [0.5, 0.6) is 0 Å². The SMILES string of the molecule is Cc1ccc2c(COC(=O)c3ccc[nH]c3=O)cc(=O)oc2c1. The van der Waals surface area contributed by atoms with Gasteiger partial charge in [-0.1, -0.05) is 12.1 Å². The standard InChI is InChI=1S/C17H13NO5/c1-10-4-5-12-11(8-15(19)23-14(12)7-10)9-22-17(21)13-3-2-6-18-16(13)20/h2-8H,9H2,1H3,(H,18,20). The normalized spacial score (nSPS) is 10.7. The maximum atomic E-state index is 12.0. The van der Waals surface area contributed by atoms with Gasteiger partial charge in [0, 0.05) is 23.2 Å². The number of hydrogen-bond acceptors (Lipinski definition) is 5. The van der Waals surface area contributed by atoms with E-state index < -0.39 is 17.2 Å². The van der Waals surface area contributed by atoms with E-state index in [0.29, 0.717) is 16.5 Å². The Morgan fingerprint density at radius 2 is 2.04 bits per heavy atom. The van der Waals surface area contributed by atoms with E-state index in [9.17, 15) is 14.4 Å². The van der Waals surface area contributed by atoms with Gasteiger partial charge >= 0.3 is 11.6 Å². The molecule has 0 atom stereocenters. The summed E-state index contributed by atoms with van der Waals surface area (Å²) in [6.07, 6.45) is 1.43. The zero-order chi connectivity index (χ0) is 16.4. The molecule has 2 heterocycles. The van der Waals surface area contributed by atoms with E-state index in [4.69, 9.17) is 9.15 Å². The first kappa shape index (κ1) is 14.8. The summed E-state index contributed by atoms with van der Waals surface area (Å²) in [7, 11) is 0. The quantitative estimate of drug-likeness (QED) is 0.591. The van der Waals surface area contributed by atoms with E-state index >= 15 is 0 Å². The summed E-state index contributed by atoms with van der Waals surface area (Å²) in [6, 6.07) is 9.60. The molecule has 0 saturated heterocycles. The van der Waals surface area contributed by atoms with Crippen molar-refractivity contribution in [2.24, 2.45) is 0 Å². The number of fused-ring (bicyclic) bond motifs is 1. The van der Waals surface area contributed by atoms with Gasteiger partial charge in [0.2, 0.25) is 0 Å². The van der Waals surface area contributed by atoms with Crippen LogP contribution in [0.2, 0.25) is 0 Å². The Balaban J connectivity index is 1.90. The first-order valence-corrected chi connectivity index (χ1v) is 6.93. The number of aryl methyl sites for hydroxylation is 1. The highest BCUT2D eigenvalue weighted by Crippen LogP contribution is 2.19. The molecule has 0 spiro atoms. The maximum absolute atomic E-state index is 12.0. The van der Waals surface area contributed by atoms with E-state index in [1.165, 1.54) is 24.4 Å². The molecule has 6 nitrogen and oxygen atoms in total. The molecule has 23 heavy (non-hydrogen) atoms. The second-order valence-corrected chi connectivity index (χ2v) is 5.08. The highest BCUT2D eigenvalue weighted by Gasteiger charge is 2.13. The lowest BCUT2D eigenvalue weighted by atomic mass is 10.1. The average Bonchev–Trinajstić information content (AvgIpc) is 2.52. The molecule has 2 aromatic heterocycles. The lowest BCUT2D eigenvalue weighted by Crippen LogP contribution is -2.19. The summed E-state index contributed by atoms with van der Waals surface area (Å²) in [4.78, 5) is 37.5. The highest BCUT2D eigenvalue weighted by molar-refractivity contribution is 5.89. The number of rotatable bonds is 3. The summed E-state index contributed by atoms with van der Waals surface area (Å²) < 4.78 is 10.3. The van der Waals surface area contributed by atoms with Crippen LogP contribution in [-0.4, -0.2) is 11.0 Å². The molecule has 116 valence electrons. The molecule has 0 saturated carbocycles. The molecule has 1 aromatic carbocycles. The van der Waals surface area contributed by atoms with Gasteiger partial charge < -0.3 is 14.1 Å². The lowest BCUT2D eigenvalue weighted by Gasteiger charge is -2.07. The maximum Gasteiger partial charge on any atom is 0.344 e. The minimum Gasteiger partial charge on any atom is -0.457 e. The number of carbonyl (C=O) groups is 1. The van der Waals surface area contributed by atoms with Crippen molar-refractivity contribution in [3.63, 3.8) is 0 Å². The average molecular weight is 311 g/mol. The van der Waals surface area contributed by atoms with Crippen molar-refractivity contribution in [1.82, 2.24) is 4.98 Å². The van der Waals surface area contributed by atoms with Gasteiger partial charge in [-0.25, -0.2) is 9.59 Å². The smallest absolute Gasteiger partial charge is 0.344 e. The van der Waals surface area contributed by atoms with Crippen molar-refractivity contribution in [3.05, 3.63) is 80.1 Å². The monoisotopic (exact) mass is 311 g/mol. The minimum atomic E-state index is -0.750. The van der Waals surface area contributed by atoms with Gasteiger partial charge in [0.1, 0.15) is 17.8 Å². The van der Waals surface area contributed by atoms with E-state index in [0.717, 1.165) is 5.56 Å². The van der Waals surface area contributed by atoms with Crippen LogP contribution in [0.3, 0.4) is 0 Å². The summed E-state index contributed by atoms with van der Waals surface area (Å²) in [5.74, 6) is -0.750. The van der Waals surface area contributed by atoms with E-state index in [1.807, 2.05) is 13.0 Å². The van der Waals surface area contributed by atoms with Crippen LogP contribution in [0.15, 0.2) is 56.6 Å². The summed E-state index contributed by atoms with van der Waals surface area (Å²) in [6.45, 7) is 1.76. The van der Waals surface area contributed by atoms with Crippen molar-refractivity contribution in [1.29, 1.82) is 0 Å². The largest absolute Gasteiger partial charge is 0.457 e. The van der Waals surface area contributed by atoms with Crippen molar-refractivity contribution >= 4 is 16.9 Å². The lowest BCUT2D eigenvalue weighted by molar-refractivity contribution is 0.0471. The Bertz CT molecular complexity index is 1000. The third kappa shape index (κ3) is 3.06. The second-order valence-electron chi connectivity index (χ2n) is 5.08. The van der Waals surface area contributed by atoms with Gasteiger partial charge in [0.15, 0.2) is 0 Å². The van der Waals surface area contributed by atoms with E-state index in [2.05, 4.69) is 4.98 Å². The predicted octanol–water partition coefficient (Wildman–Crippen LogP) is 2.15. The van der Waals surface area contributed by atoms with Crippen molar-refractivity contribution in [2.75, 3.05) is 0 Å². The third-order valence-corrected chi connectivity index (χ3v) is 3.38. The molecule has 0 aliphatic carbocycles. The van der Waals surface area contributed by atoms with Crippen LogP contribution in [0.25, 0.3) is 11.0 Å². The van der Waals surface area contributed by atoms with Crippen LogP contribution in [0, 0.1) is 6.92 Å². The first-order chi connectivity index (χ1) is 11.0. The van der Waals surface area contributed by atoms with Crippen LogP contribution in [0.4, 0.5) is 0 Å². The van der Waals surface area contributed by atoms with Gasteiger partial charge in [-0.2, -0.15) is 0 Å². The first-order valence-electron chi connectivity index (χ1n) is 6.93. The molecule has 3 rings (SSSR count). The number of esters is 1. The molecule has 6 heteroatoms. The van der Waals surface area contributed by atoms with Crippen LogP contribution >= 0.6 is 0 Å². The highest BCUT2D eigenvalue weighted by atomic mass is 16.5. The van der Waals surface area contributed by atoms with E-state index in [1.54, 1.807) is 12.1 Å². The van der Waals surface area contributed by atoms with Crippen molar-refractivity contribution < 1.29 is 13.9 Å². The van der Waals surface area contributed by atoms with E-state index in [-0.39, 0.29) is 12.2 Å². The number of pyridine rings is 1. The van der Waals surface area contributed by atoms with Crippen LogP contribution in [0.1, 0.15) is 21.5 Å². The van der Waals surface area contributed by atoms with Gasteiger partial charge in [0.05, 0.1) is 0 Å². The fourth-order valence-electron chi connectivity index (χ4n) is 2.26. The summed E-state index contributed by atoms with van der Waals surface area (Å²) in [5.41, 5.74) is 0.775. The Labute approximate surface area is 130 Å². The number of aromatic amines is 1. The number of nitrogens with one attached hydrogen (secondary N) is 1. The Kier molecular flexibility index (Phi) is 3.80. The molecule has 0 radical (unpaired) electrons. The van der Waals surface area contributed by atoms with Gasteiger partial charge in [-0.3, -0.25) is 4.79 Å². The number of hydrogen-bond donors (Lipinski definition) is 1. The Morgan fingerprint density at radius 3 is 2.83 bits per heavy atom. The van der Waals surface area contributed by atoms with Crippen LogP contribution < -0.4 is 11.2 Å². The molecule has 0 amide bonds. The molecular weight excluding hydrogens is 298 g/mol. The summed E-state index contributed by atoms with van der Waals surface area (Å²) in [5, 5.41) is 0.685. The summed E-state index contributed by atoms with van der Waals surface area (Å²) >= 11 is 0. The number of benzene rings is 1. The minimum absolute atomic E-state index is 0.0874. The number of H-pyrrole nitrogens is 1.